The molecule has 3 aliphatic rings. The van der Waals surface area contributed by atoms with Gasteiger partial charge in [-0.2, -0.15) is 5.26 Å². The minimum Gasteiger partial charge on any atom is -0.370 e. The Hall–Kier alpha value is -2.41. The van der Waals surface area contributed by atoms with Crippen molar-refractivity contribution in [3.8, 4) is 6.07 Å². The number of likely N-dealkylation sites (tertiary alicyclic amines) is 1. The Bertz CT molecular complexity index is 786. The van der Waals surface area contributed by atoms with E-state index in [2.05, 4.69) is 22.5 Å². The highest BCUT2D eigenvalue weighted by Crippen LogP contribution is 2.50. The Balaban J connectivity index is 1.75. The Labute approximate surface area is 142 Å². The number of allylic oxidation sites excluding steroid dienone is 1. The van der Waals surface area contributed by atoms with Crippen LogP contribution >= 0.6 is 0 Å². The van der Waals surface area contributed by atoms with Crippen LogP contribution in [0.3, 0.4) is 0 Å². The number of aromatic nitrogens is 1. The second-order valence-corrected chi connectivity index (χ2v) is 7.25. The lowest BCUT2D eigenvalue weighted by molar-refractivity contribution is -0.114. The number of rotatable bonds is 2. The zero-order valence-electron chi connectivity index (χ0n) is 13.8. The van der Waals surface area contributed by atoms with Crippen LogP contribution < -0.4 is 0 Å². The van der Waals surface area contributed by atoms with Gasteiger partial charge in [0, 0.05) is 31.3 Å². The number of carbonyl (C=O) groups excluding carboxylic acids is 1. The molecule has 24 heavy (non-hydrogen) atoms. The molecule has 2 aliphatic carbocycles. The highest BCUT2D eigenvalue weighted by molar-refractivity contribution is 6.09. The van der Waals surface area contributed by atoms with E-state index in [1.807, 2.05) is 6.07 Å². The van der Waals surface area contributed by atoms with Gasteiger partial charge in [0.15, 0.2) is 5.78 Å². The summed E-state index contributed by atoms with van der Waals surface area (Å²) in [6.45, 7) is 5.64. The molecule has 4 heteroatoms. The van der Waals surface area contributed by atoms with Crippen LogP contribution in [0.15, 0.2) is 24.4 Å². The summed E-state index contributed by atoms with van der Waals surface area (Å²) in [4.78, 5) is 19.0. The molecule has 0 atom stereocenters. The van der Waals surface area contributed by atoms with Crippen LogP contribution in [0.5, 0.6) is 0 Å². The number of fused-ring (bicyclic) bond motifs is 1. The number of nitriles is 1. The molecule has 4 nitrogen and oxygen atoms in total. The first-order valence-corrected chi connectivity index (χ1v) is 8.70. The molecule has 1 aromatic rings. The lowest BCUT2D eigenvalue weighted by Gasteiger charge is -2.49. The minimum atomic E-state index is -0.0860. The molecule has 0 aromatic carbocycles. The molecule has 4 rings (SSSR count). The van der Waals surface area contributed by atoms with Crippen molar-refractivity contribution < 1.29 is 4.79 Å². The summed E-state index contributed by atoms with van der Waals surface area (Å²) in [6.07, 6.45) is 10.1. The molecule has 2 fully saturated rings. The predicted molar refractivity (Wildman–Crippen MR) is 92.7 cm³/mol. The van der Waals surface area contributed by atoms with Gasteiger partial charge >= 0.3 is 0 Å². The zero-order chi connectivity index (χ0) is 16.7. The summed E-state index contributed by atoms with van der Waals surface area (Å²) < 4.78 is 0. The fourth-order valence-electron chi connectivity index (χ4n) is 4.33. The van der Waals surface area contributed by atoms with Crippen LogP contribution in [-0.4, -0.2) is 28.8 Å². The third kappa shape index (κ3) is 2.27. The van der Waals surface area contributed by atoms with E-state index >= 15 is 0 Å². The van der Waals surface area contributed by atoms with Gasteiger partial charge in [0.2, 0.25) is 0 Å². The summed E-state index contributed by atoms with van der Waals surface area (Å²) in [7, 11) is 0. The van der Waals surface area contributed by atoms with E-state index in [1.165, 1.54) is 19.3 Å². The number of nitrogens with zero attached hydrogens (tertiary/aromatic N) is 3. The van der Waals surface area contributed by atoms with Crippen molar-refractivity contribution in [1.82, 2.24) is 9.88 Å². The third-order valence-corrected chi connectivity index (χ3v) is 6.00. The Morgan fingerprint density at radius 3 is 2.62 bits per heavy atom. The van der Waals surface area contributed by atoms with E-state index in [0.717, 1.165) is 48.4 Å². The minimum absolute atomic E-state index is 0.0860. The number of ketones is 1. The van der Waals surface area contributed by atoms with Gasteiger partial charge in [-0.05, 0) is 48.8 Å². The topological polar surface area (TPSA) is 57.0 Å². The highest BCUT2D eigenvalue weighted by atomic mass is 16.1. The first kappa shape index (κ1) is 15.1. The molecular weight excluding hydrogens is 298 g/mol. The quantitative estimate of drug-likeness (QED) is 0.839. The summed E-state index contributed by atoms with van der Waals surface area (Å²) in [5.74, 6) is -0.0860. The standard InChI is InChI=1S/C20H21N3O/c1-2-15-11-16-14(13-22-15)10-18(24)17(12-21)19(16)23-8-6-20(7-9-23)4-3-5-20/h2,11,13H,1,3-10H2. The monoisotopic (exact) mass is 319 g/mol. The van der Waals surface area contributed by atoms with Crippen LogP contribution in [0.2, 0.25) is 0 Å². The lowest BCUT2D eigenvalue weighted by Crippen LogP contribution is -2.43. The largest absolute Gasteiger partial charge is 0.370 e. The molecule has 1 saturated carbocycles. The molecule has 0 N–H and O–H groups in total. The maximum absolute atomic E-state index is 12.4. The predicted octanol–water partition coefficient (Wildman–Crippen LogP) is 3.35. The van der Waals surface area contributed by atoms with Gasteiger partial charge in [-0.25, -0.2) is 0 Å². The average molecular weight is 319 g/mol. The second kappa shape index (κ2) is 5.59. The number of carbonyl (C=O) groups is 1. The van der Waals surface area contributed by atoms with Gasteiger partial charge in [0.1, 0.15) is 11.6 Å². The number of hydrogen-bond acceptors (Lipinski definition) is 4. The maximum atomic E-state index is 12.4. The number of piperidine rings is 1. The molecule has 122 valence electrons. The summed E-state index contributed by atoms with van der Waals surface area (Å²) >= 11 is 0. The number of hydrogen-bond donors (Lipinski definition) is 0. The van der Waals surface area contributed by atoms with E-state index in [0.29, 0.717) is 11.0 Å². The third-order valence-electron chi connectivity index (χ3n) is 6.00. The molecule has 1 spiro atoms. The molecular formula is C20H21N3O. The average Bonchev–Trinajstić information content (AvgIpc) is 2.59. The number of Topliss-reactive ketones (excluding diaryl/α,β-unsaturated/α-hetero) is 1. The molecule has 0 unspecified atom stereocenters. The van der Waals surface area contributed by atoms with E-state index in [-0.39, 0.29) is 12.2 Å². The van der Waals surface area contributed by atoms with Gasteiger partial charge in [-0.3, -0.25) is 9.78 Å². The lowest BCUT2D eigenvalue weighted by atomic mass is 9.63. The normalized spacial score (nSPS) is 22.0. The first-order valence-electron chi connectivity index (χ1n) is 8.70. The van der Waals surface area contributed by atoms with Crippen molar-refractivity contribution in [2.75, 3.05) is 13.1 Å². The Kier molecular flexibility index (Phi) is 3.53. The molecule has 0 radical (unpaired) electrons. The fraction of sp³-hybridized carbons (Fsp3) is 0.450. The van der Waals surface area contributed by atoms with Crippen molar-refractivity contribution in [1.29, 1.82) is 5.26 Å². The second-order valence-electron chi connectivity index (χ2n) is 7.25. The van der Waals surface area contributed by atoms with Crippen LogP contribution in [-0.2, 0) is 11.2 Å². The summed E-state index contributed by atoms with van der Waals surface area (Å²) in [6, 6.07) is 4.14. The van der Waals surface area contributed by atoms with Crippen LogP contribution in [0.1, 0.15) is 48.9 Å². The smallest absolute Gasteiger partial charge is 0.179 e. The zero-order valence-corrected chi connectivity index (χ0v) is 13.8. The molecule has 2 heterocycles. The Morgan fingerprint density at radius 2 is 2.04 bits per heavy atom. The number of pyridine rings is 1. The van der Waals surface area contributed by atoms with E-state index in [9.17, 15) is 10.1 Å². The molecule has 1 saturated heterocycles. The Morgan fingerprint density at radius 1 is 1.29 bits per heavy atom. The maximum Gasteiger partial charge on any atom is 0.179 e. The van der Waals surface area contributed by atoms with Crippen molar-refractivity contribution >= 4 is 17.6 Å². The van der Waals surface area contributed by atoms with E-state index in [1.54, 1.807) is 12.3 Å². The van der Waals surface area contributed by atoms with Crippen molar-refractivity contribution in [2.24, 2.45) is 5.41 Å². The molecule has 0 bridgehead atoms. The van der Waals surface area contributed by atoms with Gasteiger partial charge < -0.3 is 4.90 Å². The summed E-state index contributed by atoms with van der Waals surface area (Å²) in [5, 5.41) is 9.58. The van der Waals surface area contributed by atoms with Crippen LogP contribution in [0.4, 0.5) is 0 Å². The molecule has 1 aliphatic heterocycles. The van der Waals surface area contributed by atoms with Gasteiger partial charge in [0.25, 0.3) is 0 Å². The SMILES string of the molecule is C=Cc1cc2c(cn1)CC(=O)C(C#N)=C2N1CCC2(CCC2)CC1. The first-order chi connectivity index (χ1) is 11.7. The van der Waals surface area contributed by atoms with E-state index < -0.39 is 0 Å². The summed E-state index contributed by atoms with van der Waals surface area (Å²) in [5.41, 5.74) is 4.36. The van der Waals surface area contributed by atoms with Gasteiger partial charge in [-0.15, -0.1) is 0 Å². The van der Waals surface area contributed by atoms with Gasteiger partial charge in [0.05, 0.1) is 11.4 Å². The van der Waals surface area contributed by atoms with Crippen molar-refractivity contribution in [3.63, 3.8) is 0 Å². The van der Waals surface area contributed by atoms with Gasteiger partial charge in [-0.1, -0.05) is 13.0 Å². The highest BCUT2D eigenvalue weighted by Gasteiger charge is 2.41. The fourth-order valence-corrected chi connectivity index (χ4v) is 4.33. The molecule has 0 amide bonds. The van der Waals surface area contributed by atoms with Crippen LogP contribution in [0, 0.1) is 16.7 Å². The van der Waals surface area contributed by atoms with Crippen LogP contribution in [0.25, 0.3) is 11.8 Å². The molecule has 1 aromatic heterocycles. The van der Waals surface area contributed by atoms with E-state index in [4.69, 9.17) is 0 Å². The van der Waals surface area contributed by atoms with Crippen molar-refractivity contribution in [2.45, 2.75) is 38.5 Å². The van der Waals surface area contributed by atoms with Crippen molar-refractivity contribution in [3.05, 3.63) is 41.2 Å².